The van der Waals surface area contributed by atoms with Crippen molar-refractivity contribution in [3.05, 3.63) is 24.3 Å². The molecule has 0 radical (unpaired) electrons. The van der Waals surface area contributed by atoms with Crippen molar-refractivity contribution in [1.29, 1.82) is 0 Å². The van der Waals surface area contributed by atoms with Crippen LogP contribution < -0.4 is 5.32 Å². The van der Waals surface area contributed by atoms with Gasteiger partial charge in [-0.3, -0.25) is 9.59 Å². The number of hydrogen-bond donors (Lipinski definition) is 3. The monoisotopic (exact) mass is 832 g/mol. The molecule has 3 N–H and O–H groups in total. The predicted molar refractivity (Wildman–Crippen MR) is 255 cm³/mol. The van der Waals surface area contributed by atoms with Crippen LogP contribution in [0.1, 0.15) is 277 Å². The van der Waals surface area contributed by atoms with Crippen LogP contribution in [0, 0.1) is 0 Å². The van der Waals surface area contributed by atoms with Crippen LogP contribution in [-0.4, -0.2) is 47.4 Å². The number of carbonyl (C=O) groups is 2. The Bertz CT molecular complexity index is 920. The van der Waals surface area contributed by atoms with Crippen molar-refractivity contribution in [2.24, 2.45) is 0 Å². The highest BCUT2D eigenvalue weighted by Crippen LogP contribution is 2.15. The van der Waals surface area contributed by atoms with Gasteiger partial charge in [-0.2, -0.15) is 0 Å². The third kappa shape index (κ3) is 45.7. The van der Waals surface area contributed by atoms with E-state index in [2.05, 4.69) is 43.5 Å². The van der Waals surface area contributed by atoms with Gasteiger partial charge in [0.1, 0.15) is 0 Å². The lowest BCUT2D eigenvalue weighted by Crippen LogP contribution is -2.45. The molecule has 2 atom stereocenters. The molecule has 0 aromatic rings. The molecule has 348 valence electrons. The van der Waals surface area contributed by atoms with Gasteiger partial charge >= 0.3 is 5.97 Å². The molecule has 0 aliphatic rings. The molecule has 0 rings (SSSR count). The second-order valence-electron chi connectivity index (χ2n) is 17.8. The lowest BCUT2D eigenvalue weighted by atomic mass is 10.0. The molecule has 0 aromatic heterocycles. The molecule has 0 bridgehead atoms. The third-order valence-corrected chi connectivity index (χ3v) is 12.0. The molecular formula is C53H101NO5. The fourth-order valence-electron chi connectivity index (χ4n) is 7.92. The summed E-state index contributed by atoms with van der Waals surface area (Å²) in [5.74, 6) is -0.0526. The van der Waals surface area contributed by atoms with Gasteiger partial charge in [-0.1, -0.05) is 212 Å². The lowest BCUT2D eigenvalue weighted by molar-refractivity contribution is -0.143. The van der Waals surface area contributed by atoms with Gasteiger partial charge in [0.2, 0.25) is 5.91 Å². The van der Waals surface area contributed by atoms with E-state index >= 15 is 0 Å². The largest absolute Gasteiger partial charge is 0.466 e. The van der Waals surface area contributed by atoms with E-state index in [1.54, 1.807) is 0 Å². The Kier molecular flexibility index (Phi) is 47.6. The predicted octanol–water partition coefficient (Wildman–Crippen LogP) is 15.5. The maximum Gasteiger partial charge on any atom is 0.305 e. The first-order chi connectivity index (χ1) is 29.0. The van der Waals surface area contributed by atoms with Crippen LogP contribution in [0.3, 0.4) is 0 Å². The maximum atomic E-state index is 12.4. The Labute approximate surface area is 367 Å². The van der Waals surface area contributed by atoms with E-state index in [0.29, 0.717) is 25.9 Å². The number of aliphatic hydroxyl groups excluding tert-OH is 2. The van der Waals surface area contributed by atoms with Crippen molar-refractivity contribution in [2.75, 3.05) is 13.2 Å². The number of aliphatic hydroxyl groups is 2. The topological polar surface area (TPSA) is 95.9 Å². The zero-order chi connectivity index (χ0) is 43.0. The summed E-state index contributed by atoms with van der Waals surface area (Å²) in [6, 6.07) is -0.546. The number of unbranched alkanes of at least 4 members (excludes halogenated alkanes) is 33. The number of allylic oxidation sites excluding steroid dienone is 4. The number of esters is 1. The van der Waals surface area contributed by atoms with Crippen LogP contribution in [0.5, 0.6) is 0 Å². The summed E-state index contributed by atoms with van der Waals surface area (Å²) in [4.78, 5) is 24.4. The van der Waals surface area contributed by atoms with E-state index < -0.39 is 12.1 Å². The van der Waals surface area contributed by atoms with Crippen molar-refractivity contribution in [3.63, 3.8) is 0 Å². The minimum atomic E-state index is -0.668. The molecule has 6 heteroatoms. The molecule has 2 unspecified atom stereocenters. The van der Waals surface area contributed by atoms with Crippen LogP contribution in [-0.2, 0) is 14.3 Å². The molecule has 0 fully saturated rings. The normalized spacial score (nSPS) is 12.8. The summed E-state index contributed by atoms with van der Waals surface area (Å²) >= 11 is 0. The zero-order valence-electron chi connectivity index (χ0n) is 39.5. The van der Waals surface area contributed by atoms with E-state index in [9.17, 15) is 19.8 Å². The van der Waals surface area contributed by atoms with E-state index in [1.807, 2.05) is 0 Å². The minimum absolute atomic E-state index is 0.00507. The smallest absolute Gasteiger partial charge is 0.305 e. The molecule has 0 aromatic carbocycles. The summed E-state index contributed by atoms with van der Waals surface area (Å²) in [6.45, 7) is 4.90. The van der Waals surface area contributed by atoms with E-state index in [1.165, 1.54) is 199 Å². The molecule has 0 saturated heterocycles. The number of rotatable bonds is 48. The highest BCUT2D eigenvalue weighted by Gasteiger charge is 2.20. The summed E-state index contributed by atoms with van der Waals surface area (Å²) < 4.78 is 5.46. The Balaban J connectivity index is 3.42. The molecule has 59 heavy (non-hydrogen) atoms. The fourth-order valence-corrected chi connectivity index (χ4v) is 7.92. The average molecular weight is 832 g/mol. The van der Waals surface area contributed by atoms with Crippen molar-refractivity contribution >= 4 is 11.9 Å². The highest BCUT2D eigenvalue weighted by molar-refractivity contribution is 5.76. The highest BCUT2D eigenvalue weighted by atomic mass is 16.5. The average Bonchev–Trinajstić information content (AvgIpc) is 3.24. The molecule has 0 saturated carbocycles. The van der Waals surface area contributed by atoms with Gasteiger partial charge in [-0.25, -0.2) is 0 Å². The summed E-state index contributed by atoms with van der Waals surface area (Å²) in [7, 11) is 0. The van der Waals surface area contributed by atoms with Crippen LogP contribution in [0.4, 0.5) is 0 Å². The van der Waals surface area contributed by atoms with Gasteiger partial charge in [0.25, 0.3) is 0 Å². The second kappa shape index (κ2) is 49.0. The van der Waals surface area contributed by atoms with Gasteiger partial charge in [-0.15, -0.1) is 0 Å². The molecule has 0 aliphatic heterocycles. The first kappa shape index (κ1) is 57.3. The van der Waals surface area contributed by atoms with Crippen molar-refractivity contribution in [2.45, 2.75) is 289 Å². The quantitative estimate of drug-likeness (QED) is 0.0322. The minimum Gasteiger partial charge on any atom is -0.466 e. The molecule has 0 aliphatic carbocycles. The third-order valence-electron chi connectivity index (χ3n) is 12.0. The number of hydrogen-bond acceptors (Lipinski definition) is 5. The van der Waals surface area contributed by atoms with E-state index in [-0.39, 0.29) is 18.5 Å². The van der Waals surface area contributed by atoms with E-state index in [0.717, 1.165) is 44.9 Å². The second-order valence-corrected chi connectivity index (χ2v) is 17.8. The number of nitrogens with one attached hydrogen (secondary N) is 1. The van der Waals surface area contributed by atoms with Gasteiger partial charge in [-0.05, 0) is 77.0 Å². The van der Waals surface area contributed by atoms with Crippen molar-refractivity contribution < 1.29 is 24.5 Å². The summed E-state index contributed by atoms with van der Waals surface area (Å²) in [5.41, 5.74) is 0. The van der Waals surface area contributed by atoms with E-state index in [4.69, 9.17) is 4.74 Å². The Morgan fingerprint density at radius 2 is 0.797 bits per heavy atom. The number of carbonyl (C=O) groups excluding carboxylic acids is 2. The first-order valence-electron chi connectivity index (χ1n) is 26.1. The van der Waals surface area contributed by atoms with Crippen LogP contribution in [0.2, 0.25) is 0 Å². The molecule has 0 heterocycles. The Morgan fingerprint density at radius 3 is 1.20 bits per heavy atom. The Hall–Kier alpha value is -1.66. The summed E-state index contributed by atoms with van der Waals surface area (Å²) in [5, 5.41) is 23.1. The van der Waals surface area contributed by atoms with Crippen molar-refractivity contribution in [3.8, 4) is 0 Å². The SMILES string of the molecule is CCCCCCC/C=C\CCCCCCCC(=O)OCCCCCCCCCC/C=C\CCCCCCCCCC(=O)NC(CO)C(O)CCCCCCCCCCC. The molecule has 6 nitrogen and oxygen atoms in total. The van der Waals surface area contributed by atoms with Gasteiger partial charge in [0, 0.05) is 12.8 Å². The van der Waals surface area contributed by atoms with Crippen molar-refractivity contribution in [1.82, 2.24) is 5.32 Å². The van der Waals surface area contributed by atoms with Crippen LogP contribution in [0.25, 0.3) is 0 Å². The number of amides is 1. The van der Waals surface area contributed by atoms with Crippen LogP contribution in [0.15, 0.2) is 24.3 Å². The lowest BCUT2D eigenvalue weighted by Gasteiger charge is -2.22. The fraction of sp³-hybridized carbons (Fsp3) is 0.887. The summed E-state index contributed by atoms with van der Waals surface area (Å²) in [6.07, 6.45) is 57.3. The molecule has 0 spiro atoms. The molecule has 1 amide bonds. The van der Waals surface area contributed by atoms with Gasteiger partial charge < -0.3 is 20.3 Å². The maximum absolute atomic E-state index is 12.4. The van der Waals surface area contributed by atoms with Gasteiger partial charge in [0.15, 0.2) is 0 Å². The standard InChI is InChI=1S/C53H101NO5/c1-3-5-7-9-11-13-14-15-24-27-31-35-39-43-47-53(58)59-48-44-40-36-32-28-25-22-20-18-16-17-19-21-23-26-30-34-38-42-46-52(57)54-50(49-55)51(56)45-41-37-33-29-12-10-8-6-4-2/h14-17,50-51,55-56H,3-13,18-49H2,1-2H3,(H,54,57)/b15-14-,17-16-. The molecular weight excluding hydrogens is 731 g/mol. The van der Waals surface area contributed by atoms with Gasteiger partial charge in [0.05, 0.1) is 25.4 Å². The zero-order valence-corrected chi connectivity index (χ0v) is 39.5. The number of ether oxygens (including phenoxy) is 1. The van der Waals surface area contributed by atoms with Crippen LogP contribution >= 0.6 is 0 Å². The first-order valence-corrected chi connectivity index (χ1v) is 26.1. The Morgan fingerprint density at radius 1 is 0.458 bits per heavy atom.